The van der Waals surface area contributed by atoms with E-state index < -0.39 is 10.8 Å². The molecule has 0 saturated heterocycles. The molecule has 1 amide bonds. The molecule has 0 spiro atoms. The Balaban J connectivity index is 2.37. The van der Waals surface area contributed by atoms with Crippen LogP contribution in [0.5, 0.6) is 0 Å². The second-order valence-corrected chi connectivity index (χ2v) is 5.42. The van der Waals surface area contributed by atoms with Crippen LogP contribution in [-0.2, 0) is 0 Å². The number of hydrazine groups is 1. The molecule has 1 aromatic heterocycles. The minimum Gasteiger partial charge on any atom is -0.318 e. The maximum atomic E-state index is 12.2. The summed E-state index contributed by atoms with van der Waals surface area (Å²) in [5.41, 5.74) is 2.64. The molecule has 0 aliphatic rings. The summed E-state index contributed by atoms with van der Waals surface area (Å²) in [7, 11) is 0. The van der Waals surface area contributed by atoms with Gasteiger partial charge in [0.25, 0.3) is 5.91 Å². The molecule has 8 nitrogen and oxygen atoms in total. The Morgan fingerprint density at radius 2 is 2.14 bits per heavy atom. The van der Waals surface area contributed by atoms with Crippen molar-refractivity contribution < 1.29 is 9.72 Å². The number of carbonyl (C=O) groups excluding carboxylic acids is 1. The molecule has 21 heavy (non-hydrogen) atoms. The number of carbonyl (C=O) groups is 1. The van der Waals surface area contributed by atoms with Crippen LogP contribution >= 0.6 is 11.3 Å². The van der Waals surface area contributed by atoms with Crippen molar-refractivity contribution in [3.05, 3.63) is 44.4 Å². The Hall–Kier alpha value is -2.52. The molecular weight excluding hydrogens is 294 g/mol. The third kappa shape index (κ3) is 2.98. The number of benzene rings is 1. The maximum absolute atomic E-state index is 12.2. The summed E-state index contributed by atoms with van der Waals surface area (Å²) in [4.78, 5) is 27.8. The van der Waals surface area contributed by atoms with E-state index in [0.717, 1.165) is 10.6 Å². The lowest BCUT2D eigenvalue weighted by atomic mass is 10.1. The molecule has 9 heteroatoms. The minimum atomic E-state index is -0.650. The quantitative estimate of drug-likeness (QED) is 0.452. The summed E-state index contributed by atoms with van der Waals surface area (Å²) in [6, 6.07) is 4.30. The average Bonchev–Trinajstić information content (AvgIpc) is 2.76. The lowest BCUT2D eigenvalue weighted by Crippen LogP contribution is -2.16. The van der Waals surface area contributed by atoms with E-state index in [4.69, 9.17) is 5.84 Å². The molecule has 0 aliphatic carbocycles. The normalized spacial score (nSPS) is 10.2. The fourth-order valence-corrected chi connectivity index (χ4v) is 2.54. The van der Waals surface area contributed by atoms with E-state index in [0.29, 0.717) is 5.13 Å². The molecule has 1 aromatic carbocycles. The Morgan fingerprint density at radius 3 is 2.67 bits per heavy atom. The minimum absolute atomic E-state index is 0.0687. The molecule has 2 aromatic rings. The number of hydrogen-bond donors (Lipinski definition) is 3. The van der Waals surface area contributed by atoms with E-state index in [-0.39, 0.29) is 16.9 Å². The Bertz CT molecular complexity index is 693. The first-order chi connectivity index (χ1) is 9.93. The van der Waals surface area contributed by atoms with Gasteiger partial charge in [-0.25, -0.2) is 4.98 Å². The van der Waals surface area contributed by atoms with Crippen LogP contribution in [0.2, 0.25) is 0 Å². The van der Waals surface area contributed by atoms with Crippen molar-refractivity contribution >= 4 is 33.8 Å². The predicted octanol–water partition coefficient (Wildman–Crippen LogP) is 2.21. The fraction of sp³-hybridized carbons (Fsp3) is 0.167. The van der Waals surface area contributed by atoms with Crippen molar-refractivity contribution in [1.82, 2.24) is 4.98 Å². The van der Waals surface area contributed by atoms with Gasteiger partial charge in [-0.15, -0.1) is 11.3 Å². The Kier molecular flexibility index (Phi) is 4.15. The van der Waals surface area contributed by atoms with Crippen molar-refractivity contribution in [2.24, 2.45) is 5.84 Å². The molecule has 0 atom stereocenters. The van der Waals surface area contributed by atoms with Crippen LogP contribution < -0.4 is 16.6 Å². The highest BCUT2D eigenvalue weighted by molar-refractivity contribution is 7.15. The topological polar surface area (TPSA) is 123 Å². The summed E-state index contributed by atoms with van der Waals surface area (Å²) < 4.78 is 0. The van der Waals surface area contributed by atoms with Gasteiger partial charge < -0.3 is 5.43 Å². The number of nitro groups is 1. The molecule has 1 heterocycles. The largest absolute Gasteiger partial charge is 0.318 e. The maximum Gasteiger partial charge on any atom is 0.306 e. The second-order valence-electron chi connectivity index (χ2n) is 4.22. The smallest absolute Gasteiger partial charge is 0.306 e. The molecule has 0 unspecified atom stereocenters. The first-order valence-electron chi connectivity index (χ1n) is 5.93. The number of thiazole rings is 1. The Labute approximate surface area is 124 Å². The number of para-hydroxylation sites is 1. The number of amides is 1. The average molecular weight is 307 g/mol. The number of rotatable bonds is 4. The molecule has 0 radical (unpaired) electrons. The first kappa shape index (κ1) is 14.9. The van der Waals surface area contributed by atoms with Crippen molar-refractivity contribution in [3.63, 3.8) is 0 Å². The summed E-state index contributed by atoms with van der Waals surface area (Å²) in [5, 5.41) is 14.1. The van der Waals surface area contributed by atoms with Crippen LogP contribution in [0.3, 0.4) is 0 Å². The van der Waals surface area contributed by atoms with Gasteiger partial charge in [0.15, 0.2) is 5.13 Å². The van der Waals surface area contributed by atoms with Gasteiger partial charge in [-0.1, -0.05) is 6.07 Å². The van der Waals surface area contributed by atoms with Gasteiger partial charge in [-0.05, 0) is 26.0 Å². The number of aryl methyl sites for hydroxylation is 2. The van der Waals surface area contributed by atoms with Crippen molar-refractivity contribution in [1.29, 1.82) is 0 Å². The van der Waals surface area contributed by atoms with Crippen molar-refractivity contribution in [2.75, 3.05) is 10.7 Å². The molecule has 110 valence electrons. The number of nitrogens with two attached hydrogens (primary N) is 1. The van der Waals surface area contributed by atoms with E-state index in [1.165, 1.54) is 29.5 Å². The van der Waals surface area contributed by atoms with Gasteiger partial charge in [0.1, 0.15) is 11.3 Å². The van der Waals surface area contributed by atoms with Crippen LogP contribution in [0.1, 0.15) is 20.9 Å². The molecule has 2 rings (SSSR count). The van der Waals surface area contributed by atoms with E-state index in [9.17, 15) is 14.9 Å². The number of nitrogens with one attached hydrogen (secondary N) is 2. The monoisotopic (exact) mass is 307 g/mol. The van der Waals surface area contributed by atoms with Gasteiger partial charge in [0, 0.05) is 4.88 Å². The SMILES string of the molecule is Cc1nc(NC(=O)c2cccc(NN)c2[N+](=O)[O-])sc1C. The lowest BCUT2D eigenvalue weighted by molar-refractivity contribution is -0.384. The summed E-state index contributed by atoms with van der Waals surface area (Å²) in [6.07, 6.45) is 0. The number of nitro benzene ring substituents is 1. The fourth-order valence-electron chi connectivity index (χ4n) is 1.73. The molecule has 0 bridgehead atoms. The van der Waals surface area contributed by atoms with Gasteiger partial charge >= 0.3 is 5.69 Å². The zero-order valence-electron chi connectivity index (χ0n) is 11.3. The molecule has 0 aliphatic heterocycles. The number of nitrogen functional groups attached to an aromatic ring is 1. The highest BCUT2D eigenvalue weighted by Gasteiger charge is 2.24. The molecular formula is C12H13N5O3S. The predicted molar refractivity (Wildman–Crippen MR) is 80.4 cm³/mol. The highest BCUT2D eigenvalue weighted by Crippen LogP contribution is 2.29. The third-order valence-electron chi connectivity index (χ3n) is 2.87. The van der Waals surface area contributed by atoms with Crippen LogP contribution in [0, 0.1) is 24.0 Å². The number of anilines is 2. The lowest BCUT2D eigenvalue weighted by Gasteiger charge is -2.06. The van der Waals surface area contributed by atoms with E-state index in [2.05, 4.69) is 15.7 Å². The summed E-state index contributed by atoms with van der Waals surface area (Å²) >= 11 is 1.31. The summed E-state index contributed by atoms with van der Waals surface area (Å²) in [6.45, 7) is 3.70. The van der Waals surface area contributed by atoms with Crippen LogP contribution in [-0.4, -0.2) is 15.8 Å². The zero-order chi connectivity index (χ0) is 15.6. The second kappa shape index (κ2) is 5.85. The Morgan fingerprint density at radius 1 is 1.43 bits per heavy atom. The highest BCUT2D eigenvalue weighted by atomic mass is 32.1. The van der Waals surface area contributed by atoms with Gasteiger partial charge in [-0.2, -0.15) is 0 Å². The van der Waals surface area contributed by atoms with Gasteiger partial charge in [0.05, 0.1) is 10.6 Å². The number of hydrogen-bond acceptors (Lipinski definition) is 7. The third-order valence-corrected chi connectivity index (χ3v) is 3.86. The zero-order valence-corrected chi connectivity index (χ0v) is 12.2. The molecule has 0 saturated carbocycles. The molecule has 0 fully saturated rings. The summed E-state index contributed by atoms with van der Waals surface area (Å²) in [5.74, 6) is 4.63. The van der Waals surface area contributed by atoms with Crippen LogP contribution in [0.4, 0.5) is 16.5 Å². The first-order valence-corrected chi connectivity index (χ1v) is 6.75. The standard InChI is InChI=1S/C12H13N5O3S/c1-6-7(2)21-12(14-6)15-11(18)8-4-3-5-9(16-13)10(8)17(19)20/h3-5,16H,13H2,1-2H3,(H,14,15,18). The number of aromatic nitrogens is 1. The van der Waals surface area contributed by atoms with E-state index in [1.54, 1.807) is 0 Å². The van der Waals surface area contributed by atoms with Crippen LogP contribution in [0.25, 0.3) is 0 Å². The van der Waals surface area contributed by atoms with Gasteiger partial charge in [-0.3, -0.25) is 26.1 Å². The van der Waals surface area contributed by atoms with E-state index in [1.807, 2.05) is 13.8 Å². The van der Waals surface area contributed by atoms with Gasteiger partial charge in [0.2, 0.25) is 0 Å². The van der Waals surface area contributed by atoms with Crippen molar-refractivity contribution in [3.8, 4) is 0 Å². The number of nitrogens with zero attached hydrogens (tertiary/aromatic N) is 2. The molecule has 4 N–H and O–H groups in total. The van der Waals surface area contributed by atoms with E-state index >= 15 is 0 Å². The van der Waals surface area contributed by atoms with Crippen LogP contribution in [0.15, 0.2) is 18.2 Å². The van der Waals surface area contributed by atoms with Crippen molar-refractivity contribution in [2.45, 2.75) is 13.8 Å².